The second-order valence-electron chi connectivity index (χ2n) is 8.08. The van der Waals surface area contributed by atoms with Crippen molar-refractivity contribution < 1.29 is 27.8 Å². The largest absolute Gasteiger partial charge is 0.483 e. The van der Waals surface area contributed by atoms with Gasteiger partial charge in [0.2, 0.25) is 5.91 Å². The Morgan fingerprint density at radius 1 is 1.13 bits per heavy atom. The Balaban J connectivity index is 1.99. The number of benzene rings is 1. The van der Waals surface area contributed by atoms with Crippen molar-refractivity contribution in [2.24, 2.45) is 0 Å². The topological polar surface area (TPSA) is 71.5 Å². The highest BCUT2D eigenvalue weighted by atomic mass is 19.4. The maximum atomic E-state index is 12.5. The van der Waals surface area contributed by atoms with Crippen molar-refractivity contribution in [3.05, 3.63) is 59.4 Å². The van der Waals surface area contributed by atoms with Crippen LogP contribution in [0, 0.1) is 0 Å². The van der Waals surface area contributed by atoms with Crippen LogP contribution >= 0.6 is 0 Å². The number of aliphatic hydroxyl groups excluding tert-OH is 1. The first-order chi connectivity index (χ1) is 14.0. The molecule has 0 saturated heterocycles. The van der Waals surface area contributed by atoms with Crippen LogP contribution in [-0.4, -0.2) is 35.4 Å². The van der Waals surface area contributed by atoms with Crippen LogP contribution in [0.4, 0.5) is 13.2 Å². The molecule has 0 spiro atoms. The molecule has 0 saturated carbocycles. The number of hydrogen-bond donors (Lipinski definition) is 2. The Kier molecular flexibility index (Phi) is 7.83. The molecule has 5 nitrogen and oxygen atoms in total. The zero-order valence-corrected chi connectivity index (χ0v) is 17.3. The molecule has 0 radical (unpaired) electrons. The lowest BCUT2D eigenvalue weighted by Crippen LogP contribution is -2.31. The highest BCUT2D eigenvalue weighted by Crippen LogP contribution is 2.23. The van der Waals surface area contributed by atoms with Crippen LogP contribution in [0.5, 0.6) is 5.75 Å². The van der Waals surface area contributed by atoms with Crippen molar-refractivity contribution in [3.8, 4) is 5.75 Å². The lowest BCUT2D eigenvalue weighted by molar-refractivity contribution is -0.153. The zero-order chi connectivity index (χ0) is 22.4. The monoisotopic (exact) mass is 424 g/mol. The van der Waals surface area contributed by atoms with E-state index in [9.17, 15) is 23.1 Å². The van der Waals surface area contributed by atoms with E-state index in [0.717, 1.165) is 5.56 Å². The summed E-state index contributed by atoms with van der Waals surface area (Å²) >= 11 is 0. The predicted octanol–water partition coefficient (Wildman–Crippen LogP) is 4.10. The Bertz CT molecular complexity index is 814. The molecule has 0 aliphatic carbocycles. The van der Waals surface area contributed by atoms with Gasteiger partial charge in [-0.15, -0.1) is 0 Å². The molecule has 0 aliphatic rings. The normalized spacial score (nSPS) is 13.0. The second kappa shape index (κ2) is 9.93. The van der Waals surface area contributed by atoms with Crippen LogP contribution in [0.2, 0.25) is 0 Å². The third-order valence-electron chi connectivity index (χ3n) is 4.46. The summed E-state index contributed by atoms with van der Waals surface area (Å²) < 4.78 is 41.3. The molecular weight excluding hydrogens is 397 g/mol. The molecule has 8 heteroatoms. The molecule has 1 heterocycles. The Labute approximate surface area is 174 Å². The first-order valence-electron chi connectivity index (χ1n) is 9.63. The van der Waals surface area contributed by atoms with Crippen molar-refractivity contribution >= 4 is 5.91 Å². The quantitative estimate of drug-likeness (QED) is 0.669. The van der Waals surface area contributed by atoms with Crippen LogP contribution < -0.4 is 10.1 Å². The van der Waals surface area contributed by atoms with Gasteiger partial charge in [-0.2, -0.15) is 13.2 Å². The number of amides is 1. The number of hydrogen-bond acceptors (Lipinski definition) is 4. The van der Waals surface area contributed by atoms with Gasteiger partial charge in [0.1, 0.15) is 5.75 Å². The summed E-state index contributed by atoms with van der Waals surface area (Å²) in [4.78, 5) is 16.5. The Morgan fingerprint density at radius 3 is 2.30 bits per heavy atom. The number of ether oxygens (including phenoxy) is 1. The number of carbonyl (C=O) groups is 1. The molecule has 1 unspecified atom stereocenters. The summed E-state index contributed by atoms with van der Waals surface area (Å²) in [6.07, 6.45) is -2.87. The fraction of sp³-hybridized carbons (Fsp3) is 0.455. The minimum atomic E-state index is -4.43. The van der Waals surface area contributed by atoms with Gasteiger partial charge in [0, 0.05) is 6.61 Å². The molecule has 1 aromatic heterocycles. The summed E-state index contributed by atoms with van der Waals surface area (Å²) in [5, 5.41) is 12.1. The molecule has 2 rings (SSSR count). The average molecular weight is 424 g/mol. The molecule has 2 N–H and O–H groups in total. The maximum Gasteiger partial charge on any atom is 0.422 e. The summed E-state index contributed by atoms with van der Waals surface area (Å²) in [5.74, 6) is -0.264. The van der Waals surface area contributed by atoms with Crippen molar-refractivity contribution in [2.45, 2.75) is 51.2 Å². The van der Waals surface area contributed by atoms with Gasteiger partial charge in [0.05, 0.1) is 24.4 Å². The Morgan fingerprint density at radius 2 is 1.80 bits per heavy atom. The molecule has 0 aliphatic heterocycles. The summed E-state index contributed by atoms with van der Waals surface area (Å²) in [6, 6.07) is 10.1. The van der Waals surface area contributed by atoms with E-state index in [4.69, 9.17) is 0 Å². The average Bonchev–Trinajstić information content (AvgIpc) is 2.65. The molecule has 0 fully saturated rings. The van der Waals surface area contributed by atoms with Crippen molar-refractivity contribution in [1.82, 2.24) is 10.3 Å². The second-order valence-corrected chi connectivity index (χ2v) is 8.08. The van der Waals surface area contributed by atoms with Crippen LogP contribution in [0.1, 0.15) is 50.1 Å². The van der Waals surface area contributed by atoms with Crippen LogP contribution in [0.25, 0.3) is 0 Å². The van der Waals surface area contributed by atoms with Gasteiger partial charge in [-0.25, -0.2) is 0 Å². The number of rotatable bonds is 8. The number of halogens is 3. The van der Waals surface area contributed by atoms with E-state index >= 15 is 0 Å². The lowest BCUT2D eigenvalue weighted by atomic mass is 9.86. The van der Waals surface area contributed by atoms with E-state index in [1.165, 1.54) is 23.9 Å². The van der Waals surface area contributed by atoms with Crippen LogP contribution in [0.3, 0.4) is 0 Å². The molecule has 1 aromatic carbocycles. The summed E-state index contributed by atoms with van der Waals surface area (Å²) in [5.41, 5.74) is 2.48. The van der Waals surface area contributed by atoms with Gasteiger partial charge in [0.25, 0.3) is 0 Å². The molecular formula is C22H27F3N2O3. The van der Waals surface area contributed by atoms with E-state index < -0.39 is 18.8 Å². The molecule has 164 valence electrons. The third kappa shape index (κ3) is 7.67. The van der Waals surface area contributed by atoms with Crippen molar-refractivity contribution in [1.29, 1.82) is 0 Å². The number of aromatic nitrogens is 1. The minimum absolute atomic E-state index is 0.0225. The highest BCUT2D eigenvalue weighted by molar-refractivity contribution is 5.79. The van der Waals surface area contributed by atoms with E-state index in [1.54, 1.807) is 0 Å². The van der Waals surface area contributed by atoms with Crippen LogP contribution in [-0.2, 0) is 16.6 Å². The Hall–Kier alpha value is -2.61. The van der Waals surface area contributed by atoms with Gasteiger partial charge >= 0.3 is 6.18 Å². The van der Waals surface area contributed by atoms with Gasteiger partial charge < -0.3 is 15.2 Å². The molecule has 1 atom stereocenters. The molecule has 30 heavy (non-hydrogen) atoms. The third-order valence-corrected chi connectivity index (χ3v) is 4.46. The van der Waals surface area contributed by atoms with Gasteiger partial charge in [-0.05, 0) is 35.1 Å². The first kappa shape index (κ1) is 23.7. The van der Waals surface area contributed by atoms with E-state index in [-0.39, 0.29) is 36.5 Å². The molecule has 1 amide bonds. The number of carbonyl (C=O) groups excluding carboxylic acids is 1. The number of nitrogens with zero attached hydrogens (tertiary/aromatic N) is 1. The van der Waals surface area contributed by atoms with Gasteiger partial charge in [0.15, 0.2) is 6.61 Å². The minimum Gasteiger partial charge on any atom is -0.483 e. The predicted molar refractivity (Wildman–Crippen MR) is 107 cm³/mol. The fourth-order valence-electron chi connectivity index (χ4n) is 2.82. The number of nitrogens with one attached hydrogen (secondary N) is 1. The number of pyridine rings is 1. The first-order valence-corrected chi connectivity index (χ1v) is 9.63. The summed E-state index contributed by atoms with van der Waals surface area (Å²) in [6.45, 7) is 4.75. The number of alkyl halides is 3. The zero-order valence-electron chi connectivity index (χ0n) is 17.3. The fourth-order valence-corrected chi connectivity index (χ4v) is 2.82. The molecule has 2 aromatic rings. The maximum absolute atomic E-state index is 12.5. The standard InChI is InChI=1S/C22H27F3N2O3/c1-21(2,3)16-6-4-15(5-7-16)12-20(29)27-19(10-11-28)18-9-8-17(13-26-18)30-14-22(23,24)25/h4-9,13,19,28H,10-12,14H2,1-3H3,(H,27,29). The van der Waals surface area contributed by atoms with Gasteiger partial charge in [-0.1, -0.05) is 45.0 Å². The van der Waals surface area contributed by atoms with Crippen LogP contribution in [0.15, 0.2) is 42.6 Å². The van der Waals surface area contributed by atoms with Gasteiger partial charge in [-0.3, -0.25) is 9.78 Å². The van der Waals surface area contributed by atoms with E-state index in [0.29, 0.717) is 5.69 Å². The number of aliphatic hydroxyl groups is 1. The lowest BCUT2D eigenvalue weighted by Gasteiger charge is -2.20. The van der Waals surface area contributed by atoms with E-state index in [1.807, 2.05) is 24.3 Å². The SMILES string of the molecule is CC(C)(C)c1ccc(CC(=O)NC(CCO)c2ccc(OCC(F)(F)F)cn2)cc1. The van der Waals surface area contributed by atoms with Crippen molar-refractivity contribution in [2.75, 3.05) is 13.2 Å². The smallest absolute Gasteiger partial charge is 0.422 e. The van der Waals surface area contributed by atoms with E-state index in [2.05, 4.69) is 35.8 Å². The highest BCUT2D eigenvalue weighted by Gasteiger charge is 2.28. The van der Waals surface area contributed by atoms with Crippen molar-refractivity contribution in [3.63, 3.8) is 0 Å². The molecule has 0 bridgehead atoms. The summed E-state index contributed by atoms with van der Waals surface area (Å²) in [7, 11) is 0.